The third-order valence-electron chi connectivity index (χ3n) is 6.41. The van der Waals surface area contributed by atoms with Crippen molar-refractivity contribution in [2.45, 2.75) is 38.4 Å². The van der Waals surface area contributed by atoms with Crippen LogP contribution in [0.15, 0.2) is 53.5 Å². The molecule has 33 heavy (non-hydrogen) atoms. The molecule has 1 saturated heterocycles. The van der Waals surface area contributed by atoms with Crippen molar-refractivity contribution in [2.75, 3.05) is 26.2 Å². The predicted octanol–water partition coefficient (Wildman–Crippen LogP) is 3.61. The molecule has 6 nitrogen and oxygen atoms in total. The molecule has 2 heterocycles. The minimum Gasteiger partial charge on any atom is -0.492 e. The fourth-order valence-electron chi connectivity index (χ4n) is 4.29. The molecule has 0 bridgehead atoms. The number of hydrogen-bond acceptors (Lipinski definition) is 4. The molecule has 1 N–H and O–H groups in total. The van der Waals surface area contributed by atoms with Crippen LogP contribution in [0.25, 0.3) is 16.5 Å². The highest BCUT2D eigenvalue weighted by Gasteiger charge is 2.24. The molecular weight excluding hydrogens is 421 g/mol. The maximum atomic E-state index is 13.4. The Kier molecular flexibility index (Phi) is 5.89. The van der Waals surface area contributed by atoms with Crippen molar-refractivity contribution in [3.63, 3.8) is 0 Å². The summed E-state index contributed by atoms with van der Waals surface area (Å²) in [7, 11) is 0. The van der Waals surface area contributed by atoms with E-state index in [1.165, 1.54) is 0 Å². The van der Waals surface area contributed by atoms with Crippen LogP contribution in [-0.2, 0) is 0 Å². The number of hydrogen-bond donors (Lipinski definition) is 1. The number of nitrogens with one attached hydrogen (secondary N) is 1. The molecule has 0 radical (unpaired) electrons. The van der Waals surface area contributed by atoms with Gasteiger partial charge in [0.1, 0.15) is 18.5 Å². The molecule has 3 aromatic rings. The summed E-state index contributed by atoms with van der Waals surface area (Å²) in [5, 5.41) is 4.37. The minimum absolute atomic E-state index is 0.111. The second-order valence-corrected chi connectivity index (χ2v) is 9.02. The van der Waals surface area contributed by atoms with E-state index in [1.807, 2.05) is 36.1 Å². The molecule has 172 valence electrons. The number of alkyl halides is 1. The number of ether oxygens (including phenoxy) is 1. The van der Waals surface area contributed by atoms with Crippen LogP contribution >= 0.6 is 0 Å². The molecule has 1 amide bonds. The van der Waals surface area contributed by atoms with Gasteiger partial charge in [-0.05, 0) is 67.5 Å². The number of rotatable bonds is 7. The average molecular weight is 450 g/mol. The van der Waals surface area contributed by atoms with Crippen LogP contribution in [-0.4, -0.2) is 53.8 Å². The zero-order chi connectivity index (χ0) is 22.9. The highest BCUT2D eigenvalue weighted by molar-refractivity contribution is 5.95. The average Bonchev–Trinajstić information content (AvgIpc) is 3.53. The first-order chi connectivity index (χ1) is 16.0. The number of pyridine rings is 1. The van der Waals surface area contributed by atoms with E-state index in [2.05, 4.69) is 5.32 Å². The molecule has 2 aliphatic rings. The predicted molar refractivity (Wildman–Crippen MR) is 126 cm³/mol. The van der Waals surface area contributed by atoms with Gasteiger partial charge in [-0.25, -0.2) is 4.39 Å². The van der Waals surface area contributed by atoms with Gasteiger partial charge in [-0.2, -0.15) is 0 Å². The fraction of sp³-hybridized carbons (Fsp3) is 0.385. The van der Waals surface area contributed by atoms with Crippen LogP contribution in [0.3, 0.4) is 0 Å². The number of halogens is 1. The monoisotopic (exact) mass is 449 g/mol. The first kappa shape index (κ1) is 21.6. The molecule has 2 fully saturated rings. The maximum Gasteiger partial charge on any atom is 0.263 e. The Morgan fingerprint density at radius 3 is 2.76 bits per heavy atom. The van der Waals surface area contributed by atoms with Crippen LogP contribution in [0.2, 0.25) is 0 Å². The van der Waals surface area contributed by atoms with Gasteiger partial charge < -0.3 is 10.1 Å². The summed E-state index contributed by atoms with van der Waals surface area (Å²) in [6, 6.07) is 13.1. The van der Waals surface area contributed by atoms with Gasteiger partial charge in [-0.15, -0.1) is 0 Å². The third kappa shape index (κ3) is 4.78. The minimum atomic E-state index is -0.745. The molecule has 2 aromatic carbocycles. The van der Waals surface area contributed by atoms with Gasteiger partial charge in [0.05, 0.1) is 11.1 Å². The lowest BCUT2D eigenvalue weighted by molar-refractivity contribution is 0.0951. The zero-order valence-electron chi connectivity index (χ0n) is 18.7. The Labute approximate surface area is 192 Å². The smallest absolute Gasteiger partial charge is 0.263 e. The third-order valence-corrected chi connectivity index (χ3v) is 6.41. The van der Waals surface area contributed by atoms with Crippen molar-refractivity contribution in [3.8, 4) is 11.4 Å². The molecule has 1 atom stereocenters. The van der Waals surface area contributed by atoms with E-state index in [4.69, 9.17) is 4.74 Å². The summed E-state index contributed by atoms with van der Waals surface area (Å²) >= 11 is 0. The molecule has 1 aliphatic carbocycles. The molecule has 1 aromatic heterocycles. The summed E-state index contributed by atoms with van der Waals surface area (Å²) < 4.78 is 20.8. The lowest BCUT2D eigenvalue weighted by Crippen LogP contribution is -2.26. The number of carbonyl (C=O) groups excluding carboxylic acids is 1. The summed E-state index contributed by atoms with van der Waals surface area (Å²) in [5.74, 6) is 0.503. The normalized spacial score (nSPS) is 18.5. The second-order valence-electron chi connectivity index (χ2n) is 9.02. The second kappa shape index (κ2) is 8.98. The zero-order valence-corrected chi connectivity index (χ0v) is 18.7. The van der Waals surface area contributed by atoms with Gasteiger partial charge in [0.2, 0.25) is 0 Å². The van der Waals surface area contributed by atoms with Crippen LogP contribution in [0.1, 0.15) is 35.2 Å². The number of carbonyl (C=O) groups is 1. The number of likely N-dealkylation sites (tertiary alicyclic amines) is 1. The van der Waals surface area contributed by atoms with Gasteiger partial charge in [-0.1, -0.05) is 12.1 Å². The van der Waals surface area contributed by atoms with Gasteiger partial charge in [0.25, 0.3) is 11.5 Å². The van der Waals surface area contributed by atoms with E-state index < -0.39 is 6.17 Å². The molecular formula is C26H28FN3O3. The maximum absolute atomic E-state index is 13.4. The molecule has 1 unspecified atom stereocenters. The van der Waals surface area contributed by atoms with E-state index in [9.17, 15) is 14.0 Å². The standard InChI is InChI=1S/C26H28FN3O3/c1-17-2-3-19(25(31)28-21-5-6-21)14-24(17)30-11-8-18-4-7-22(15-23(18)26(30)32)33-13-12-29-10-9-20(27)16-29/h2-4,7-8,11,14-15,20-21H,5-6,9-10,12-13,16H2,1H3,(H,28,31). The number of fused-ring (bicyclic) bond motifs is 1. The topological polar surface area (TPSA) is 63.6 Å². The summed E-state index contributed by atoms with van der Waals surface area (Å²) in [6.45, 7) is 4.24. The van der Waals surface area contributed by atoms with Crippen LogP contribution in [0.5, 0.6) is 5.75 Å². The number of nitrogens with zero attached hydrogens (tertiary/aromatic N) is 2. The molecule has 5 rings (SSSR count). The molecule has 0 spiro atoms. The van der Waals surface area contributed by atoms with E-state index >= 15 is 0 Å². The Morgan fingerprint density at radius 2 is 2.00 bits per heavy atom. The van der Waals surface area contributed by atoms with Crippen molar-refractivity contribution in [3.05, 3.63) is 70.1 Å². The highest BCUT2D eigenvalue weighted by atomic mass is 19.1. The van der Waals surface area contributed by atoms with E-state index in [0.29, 0.717) is 48.5 Å². The lowest BCUT2D eigenvalue weighted by atomic mass is 10.1. The van der Waals surface area contributed by atoms with Crippen LogP contribution < -0.4 is 15.6 Å². The summed E-state index contributed by atoms with van der Waals surface area (Å²) in [5.41, 5.74) is 1.97. The van der Waals surface area contributed by atoms with Crippen molar-refractivity contribution >= 4 is 16.7 Å². The van der Waals surface area contributed by atoms with E-state index in [-0.39, 0.29) is 17.5 Å². The molecule has 7 heteroatoms. The Bertz CT molecular complexity index is 1250. The van der Waals surface area contributed by atoms with E-state index in [1.54, 1.807) is 29.0 Å². The highest BCUT2D eigenvalue weighted by Crippen LogP contribution is 2.23. The lowest BCUT2D eigenvalue weighted by Gasteiger charge is -2.15. The first-order valence-corrected chi connectivity index (χ1v) is 11.5. The van der Waals surface area contributed by atoms with Gasteiger partial charge in [0, 0.05) is 37.4 Å². The number of aryl methyl sites for hydroxylation is 1. The SMILES string of the molecule is Cc1ccc(C(=O)NC2CC2)cc1-n1ccc2ccc(OCCN3CCC(F)C3)cc2c1=O. The Hall–Kier alpha value is -3.19. The number of benzene rings is 2. The largest absolute Gasteiger partial charge is 0.492 e. The van der Waals surface area contributed by atoms with Crippen molar-refractivity contribution in [1.29, 1.82) is 0 Å². The van der Waals surface area contributed by atoms with Gasteiger partial charge in [0.15, 0.2) is 0 Å². The van der Waals surface area contributed by atoms with E-state index in [0.717, 1.165) is 30.3 Å². The van der Waals surface area contributed by atoms with Crippen molar-refractivity contribution in [2.24, 2.45) is 0 Å². The summed E-state index contributed by atoms with van der Waals surface area (Å²) in [4.78, 5) is 27.9. The Morgan fingerprint density at radius 1 is 1.15 bits per heavy atom. The van der Waals surface area contributed by atoms with Crippen molar-refractivity contribution < 1.29 is 13.9 Å². The molecule has 1 saturated carbocycles. The quantitative estimate of drug-likeness (QED) is 0.599. The van der Waals surface area contributed by atoms with Gasteiger partial charge >= 0.3 is 0 Å². The van der Waals surface area contributed by atoms with Crippen molar-refractivity contribution in [1.82, 2.24) is 14.8 Å². The first-order valence-electron chi connectivity index (χ1n) is 11.5. The number of aromatic nitrogens is 1. The van der Waals surface area contributed by atoms with Crippen LogP contribution in [0.4, 0.5) is 4.39 Å². The van der Waals surface area contributed by atoms with Crippen LogP contribution in [0, 0.1) is 6.92 Å². The number of amides is 1. The molecule has 1 aliphatic heterocycles. The Balaban J connectivity index is 1.39. The fourth-order valence-corrected chi connectivity index (χ4v) is 4.29. The van der Waals surface area contributed by atoms with Gasteiger partial charge in [-0.3, -0.25) is 19.1 Å². The summed E-state index contributed by atoms with van der Waals surface area (Å²) in [6.07, 6.45) is 3.63.